The van der Waals surface area contributed by atoms with Crippen LogP contribution in [0.1, 0.15) is 5.56 Å². The van der Waals surface area contributed by atoms with Crippen LogP contribution in [0, 0.1) is 11.3 Å². The number of carbonyl (C=O) groups excluding carboxylic acids is 1. The maximum absolute atomic E-state index is 10.6. The first-order valence-electron chi connectivity index (χ1n) is 5.31. The smallest absolute Gasteiger partial charge is 0.209 e. The van der Waals surface area contributed by atoms with Gasteiger partial charge in [-0.25, -0.2) is 4.98 Å². The lowest BCUT2D eigenvalue weighted by atomic mass is 9.75. The van der Waals surface area contributed by atoms with Crippen LogP contribution in [0.4, 0.5) is 0 Å². The van der Waals surface area contributed by atoms with E-state index in [2.05, 4.69) is 11.1 Å². The Kier molecular flexibility index (Phi) is 1.92. The average molecular weight is 226 g/mol. The summed E-state index contributed by atoms with van der Waals surface area (Å²) < 4.78 is 1.89. The molecule has 1 fully saturated rings. The molecule has 5 nitrogen and oxygen atoms in total. The lowest BCUT2D eigenvalue weighted by Gasteiger charge is -2.43. The molecular formula is C12H10N4O. The number of hydrogen-bond acceptors (Lipinski definition) is 3. The highest BCUT2D eigenvalue weighted by Crippen LogP contribution is 2.33. The molecule has 17 heavy (non-hydrogen) atoms. The molecule has 0 unspecified atom stereocenters. The third kappa shape index (κ3) is 1.31. The maximum atomic E-state index is 10.6. The SMILES string of the molecule is N#CC1(c2ccn3ccnc3c2)CN(C=O)C1. The fraction of sp³-hybridized carbons (Fsp3) is 0.250. The van der Waals surface area contributed by atoms with Crippen molar-refractivity contribution in [2.24, 2.45) is 0 Å². The number of hydrogen-bond donors (Lipinski definition) is 0. The van der Waals surface area contributed by atoms with Gasteiger partial charge in [-0.15, -0.1) is 0 Å². The van der Waals surface area contributed by atoms with Crippen LogP contribution >= 0.6 is 0 Å². The van der Waals surface area contributed by atoms with Crippen molar-refractivity contribution < 1.29 is 4.79 Å². The predicted octanol–water partition coefficient (Wildman–Crippen LogP) is 0.568. The summed E-state index contributed by atoms with van der Waals surface area (Å²) in [5, 5.41) is 9.31. The topological polar surface area (TPSA) is 61.4 Å². The van der Waals surface area contributed by atoms with Crippen molar-refractivity contribution in [2.45, 2.75) is 5.41 Å². The molecule has 3 heterocycles. The fourth-order valence-corrected chi connectivity index (χ4v) is 2.25. The summed E-state index contributed by atoms with van der Waals surface area (Å²) in [5.41, 5.74) is 1.19. The molecule has 3 rings (SSSR count). The van der Waals surface area contributed by atoms with Crippen LogP contribution in [-0.4, -0.2) is 33.8 Å². The van der Waals surface area contributed by atoms with Crippen molar-refractivity contribution in [3.05, 3.63) is 36.3 Å². The molecule has 0 bridgehead atoms. The molecule has 0 aromatic carbocycles. The summed E-state index contributed by atoms with van der Waals surface area (Å²) in [6, 6.07) is 6.14. The highest BCUT2D eigenvalue weighted by Gasteiger charge is 2.44. The lowest BCUT2D eigenvalue weighted by molar-refractivity contribution is -0.123. The van der Waals surface area contributed by atoms with Crippen LogP contribution in [0.2, 0.25) is 0 Å². The van der Waals surface area contributed by atoms with Crippen molar-refractivity contribution in [3.8, 4) is 6.07 Å². The molecule has 1 aliphatic heterocycles. The molecule has 2 aromatic heterocycles. The number of likely N-dealkylation sites (tertiary alicyclic amines) is 1. The Morgan fingerprint density at radius 1 is 1.47 bits per heavy atom. The number of carbonyl (C=O) groups is 1. The zero-order chi connectivity index (χ0) is 11.9. The van der Waals surface area contributed by atoms with Gasteiger partial charge in [0.05, 0.1) is 6.07 Å². The highest BCUT2D eigenvalue weighted by molar-refractivity contribution is 5.55. The monoisotopic (exact) mass is 226 g/mol. The van der Waals surface area contributed by atoms with Crippen LogP contribution < -0.4 is 0 Å². The van der Waals surface area contributed by atoms with Crippen molar-refractivity contribution >= 4 is 12.1 Å². The van der Waals surface area contributed by atoms with Crippen LogP contribution in [-0.2, 0) is 10.2 Å². The van der Waals surface area contributed by atoms with Gasteiger partial charge in [-0.05, 0) is 17.7 Å². The molecular weight excluding hydrogens is 216 g/mol. The first kappa shape index (κ1) is 9.85. The van der Waals surface area contributed by atoms with E-state index in [9.17, 15) is 10.1 Å². The summed E-state index contributed by atoms with van der Waals surface area (Å²) in [6.45, 7) is 0.924. The zero-order valence-electron chi connectivity index (χ0n) is 9.08. The number of pyridine rings is 1. The number of nitriles is 1. The fourth-order valence-electron chi connectivity index (χ4n) is 2.25. The third-order valence-electron chi connectivity index (χ3n) is 3.26. The molecule has 0 N–H and O–H groups in total. The summed E-state index contributed by atoms with van der Waals surface area (Å²) in [5.74, 6) is 0. The van der Waals surface area contributed by atoms with Gasteiger partial charge in [0.1, 0.15) is 11.1 Å². The number of amides is 1. The summed E-state index contributed by atoms with van der Waals surface area (Å²) >= 11 is 0. The van der Waals surface area contributed by atoms with E-state index in [0.29, 0.717) is 13.1 Å². The first-order chi connectivity index (χ1) is 8.27. The minimum Gasteiger partial charge on any atom is -0.341 e. The van der Waals surface area contributed by atoms with Gasteiger partial charge in [-0.1, -0.05) is 0 Å². The first-order valence-corrected chi connectivity index (χ1v) is 5.31. The molecule has 0 aliphatic carbocycles. The predicted molar refractivity (Wildman–Crippen MR) is 60.1 cm³/mol. The molecule has 0 spiro atoms. The summed E-state index contributed by atoms with van der Waals surface area (Å²) in [6.07, 6.45) is 6.25. The number of rotatable bonds is 2. The second kappa shape index (κ2) is 3.32. The largest absolute Gasteiger partial charge is 0.341 e. The van der Waals surface area contributed by atoms with Gasteiger partial charge < -0.3 is 9.30 Å². The van der Waals surface area contributed by atoms with Gasteiger partial charge in [0.2, 0.25) is 6.41 Å². The molecule has 0 saturated carbocycles. The average Bonchev–Trinajstić information content (AvgIpc) is 2.76. The Bertz CT molecular complexity index is 619. The Morgan fingerprint density at radius 2 is 2.29 bits per heavy atom. The Labute approximate surface area is 97.9 Å². The van der Waals surface area contributed by atoms with Gasteiger partial charge in [-0.3, -0.25) is 4.79 Å². The van der Waals surface area contributed by atoms with E-state index in [0.717, 1.165) is 17.6 Å². The minimum atomic E-state index is -0.561. The minimum absolute atomic E-state index is 0.462. The van der Waals surface area contributed by atoms with Gasteiger partial charge in [0, 0.05) is 31.7 Å². The van der Waals surface area contributed by atoms with Crippen molar-refractivity contribution in [1.29, 1.82) is 5.26 Å². The molecule has 1 aliphatic rings. The Morgan fingerprint density at radius 3 is 3.00 bits per heavy atom. The number of imidazole rings is 1. The quantitative estimate of drug-likeness (QED) is 0.703. The van der Waals surface area contributed by atoms with Crippen molar-refractivity contribution in [3.63, 3.8) is 0 Å². The third-order valence-corrected chi connectivity index (χ3v) is 3.26. The lowest BCUT2D eigenvalue weighted by Crippen LogP contribution is -2.57. The maximum Gasteiger partial charge on any atom is 0.209 e. The molecule has 0 atom stereocenters. The van der Waals surface area contributed by atoms with E-state index in [1.807, 2.05) is 28.9 Å². The molecule has 5 heteroatoms. The van der Waals surface area contributed by atoms with Crippen molar-refractivity contribution in [2.75, 3.05) is 13.1 Å². The summed E-state index contributed by atoms with van der Waals surface area (Å²) in [7, 11) is 0. The van der Waals surface area contributed by atoms with E-state index in [1.165, 1.54) is 0 Å². The van der Waals surface area contributed by atoms with Gasteiger partial charge in [0.25, 0.3) is 0 Å². The highest BCUT2D eigenvalue weighted by atomic mass is 16.1. The van der Waals surface area contributed by atoms with Crippen LogP contribution in [0.5, 0.6) is 0 Å². The number of nitrogens with zero attached hydrogens (tertiary/aromatic N) is 4. The van der Waals surface area contributed by atoms with Crippen LogP contribution in [0.15, 0.2) is 30.7 Å². The molecule has 2 aromatic rings. The second-order valence-corrected chi connectivity index (χ2v) is 4.31. The molecule has 84 valence electrons. The molecule has 1 amide bonds. The van der Waals surface area contributed by atoms with Crippen LogP contribution in [0.3, 0.4) is 0 Å². The zero-order valence-corrected chi connectivity index (χ0v) is 9.08. The molecule has 0 radical (unpaired) electrons. The van der Waals surface area contributed by atoms with Gasteiger partial charge in [-0.2, -0.15) is 5.26 Å². The van der Waals surface area contributed by atoms with Crippen LogP contribution in [0.25, 0.3) is 5.65 Å². The number of fused-ring (bicyclic) bond motifs is 1. The summed E-state index contributed by atoms with van der Waals surface area (Å²) in [4.78, 5) is 16.4. The second-order valence-electron chi connectivity index (χ2n) is 4.31. The normalized spacial score (nSPS) is 17.5. The van der Waals surface area contributed by atoms with E-state index in [-0.39, 0.29) is 0 Å². The van der Waals surface area contributed by atoms with Gasteiger partial charge >= 0.3 is 0 Å². The van der Waals surface area contributed by atoms with Gasteiger partial charge in [0.15, 0.2) is 0 Å². The van der Waals surface area contributed by atoms with E-state index in [4.69, 9.17) is 0 Å². The van der Waals surface area contributed by atoms with Crippen molar-refractivity contribution in [1.82, 2.24) is 14.3 Å². The Balaban J connectivity index is 2.03. The van der Waals surface area contributed by atoms with E-state index >= 15 is 0 Å². The van der Waals surface area contributed by atoms with E-state index < -0.39 is 5.41 Å². The molecule has 1 saturated heterocycles. The van der Waals surface area contributed by atoms with E-state index in [1.54, 1.807) is 11.1 Å². The Hall–Kier alpha value is -2.35. The number of aromatic nitrogens is 2. The standard InChI is InChI=1S/C12H10N4O/c13-6-12(7-15(8-12)9-17)10-1-3-16-4-2-14-11(16)5-10/h1-5,9H,7-8H2.